The average Bonchev–Trinajstić information content (AvgIpc) is 2.59. The van der Waals surface area contributed by atoms with Gasteiger partial charge in [0.1, 0.15) is 11.3 Å². The molecule has 0 bridgehead atoms. The summed E-state index contributed by atoms with van der Waals surface area (Å²) in [6.07, 6.45) is 0.992. The molecule has 1 aliphatic rings. The minimum absolute atomic E-state index is 0.122. The van der Waals surface area contributed by atoms with Crippen LogP contribution in [0.3, 0.4) is 0 Å². The molecular formula is C18H21NO5. The van der Waals surface area contributed by atoms with E-state index in [2.05, 4.69) is 0 Å². The molecule has 0 spiro atoms. The number of benzene rings is 1. The van der Waals surface area contributed by atoms with Crippen LogP contribution in [0.1, 0.15) is 17.5 Å². The fraction of sp³-hybridized carbons (Fsp3) is 0.444. The molecule has 2 heterocycles. The first-order valence-corrected chi connectivity index (χ1v) is 8.05. The van der Waals surface area contributed by atoms with Gasteiger partial charge in [-0.25, -0.2) is 4.79 Å². The Morgan fingerprint density at radius 1 is 1.25 bits per heavy atom. The quantitative estimate of drug-likeness (QED) is 0.801. The third kappa shape index (κ3) is 3.43. The fourth-order valence-electron chi connectivity index (χ4n) is 2.99. The monoisotopic (exact) mass is 331 g/mol. The second-order valence-corrected chi connectivity index (χ2v) is 5.90. The number of amides is 1. The zero-order chi connectivity index (χ0) is 17.1. The van der Waals surface area contributed by atoms with Crippen LogP contribution in [0.5, 0.6) is 5.75 Å². The van der Waals surface area contributed by atoms with Crippen LogP contribution in [0.4, 0.5) is 0 Å². The van der Waals surface area contributed by atoms with Crippen molar-refractivity contribution in [1.82, 2.24) is 4.90 Å². The van der Waals surface area contributed by atoms with E-state index in [1.807, 2.05) is 17.9 Å². The molecule has 1 saturated heterocycles. The normalized spacial score (nSPS) is 14.8. The summed E-state index contributed by atoms with van der Waals surface area (Å²) in [5.74, 6) is 0.753. The van der Waals surface area contributed by atoms with Gasteiger partial charge in [-0.2, -0.15) is 0 Å². The maximum atomic E-state index is 12.3. The molecule has 128 valence electrons. The zero-order valence-electron chi connectivity index (χ0n) is 14.0. The van der Waals surface area contributed by atoms with Gasteiger partial charge in [0.15, 0.2) is 0 Å². The molecule has 1 aromatic heterocycles. The summed E-state index contributed by atoms with van der Waals surface area (Å²) in [7, 11) is 1.57. The lowest BCUT2D eigenvalue weighted by atomic mass is 10.0. The number of nitrogens with zero attached hydrogens (tertiary/aromatic N) is 1. The standard InChI is InChI=1S/C18H21NO5/c1-12-9-18(21)24-16-11-15(22-2)13(10-14(12)16)3-4-17(20)19-5-7-23-8-6-19/h9-11H,3-8H2,1-2H3. The lowest BCUT2D eigenvalue weighted by molar-refractivity contribution is -0.135. The summed E-state index contributed by atoms with van der Waals surface area (Å²) in [4.78, 5) is 25.7. The Labute approximate surface area is 140 Å². The maximum absolute atomic E-state index is 12.3. The van der Waals surface area contributed by atoms with Gasteiger partial charge >= 0.3 is 5.63 Å². The average molecular weight is 331 g/mol. The third-order valence-corrected chi connectivity index (χ3v) is 4.32. The van der Waals surface area contributed by atoms with Gasteiger partial charge in [-0.1, -0.05) is 0 Å². The second-order valence-electron chi connectivity index (χ2n) is 5.90. The summed E-state index contributed by atoms with van der Waals surface area (Å²) in [6.45, 7) is 4.37. The summed E-state index contributed by atoms with van der Waals surface area (Å²) < 4.78 is 15.9. The molecular weight excluding hydrogens is 310 g/mol. The highest BCUT2D eigenvalue weighted by Crippen LogP contribution is 2.28. The number of aryl methyl sites for hydroxylation is 2. The predicted molar refractivity (Wildman–Crippen MR) is 89.5 cm³/mol. The third-order valence-electron chi connectivity index (χ3n) is 4.32. The molecule has 1 aromatic carbocycles. The van der Waals surface area contributed by atoms with Crippen LogP contribution in [0.15, 0.2) is 27.4 Å². The molecule has 6 heteroatoms. The smallest absolute Gasteiger partial charge is 0.336 e. The minimum Gasteiger partial charge on any atom is -0.496 e. The molecule has 0 unspecified atom stereocenters. The van der Waals surface area contributed by atoms with E-state index in [0.29, 0.717) is 50.5 Å². The molecule has 2 aromatic rings. The SMILES string of the molecule is COc1cc2oc(=O)cc(C)c2cc1CCC(=O)N1CCOCC1. The number of carbonyl (C=O) groups is 1. The number of ether oxygens (including phenoxy) is 2. The topological polar surface area (TPSA) is 69.0 Å². The van der Waals surface area contributed by atoms with Gasteiger partial charge in [0, 0.05) is 37.0 Å². The Balaban J connectivity index is 1.82. The molecule has 0 radical (unpaired) electrons. The van der Waals surface area contributed by atoms with Crippen molar-refractivity contribution in [2.75, 3.05) is 33.4 Å². The van der Waals surface area contributed by atoms with Crippen molar-refractivity contribution in [3.63, 3.8) is 0 Å². The van der Waals surface area contributed by atoms with Crippen LogP contribution >= 0.6 is 0 Å². The van der Waals surface area contributed by atoms with Crippen molar-refractivity contribution in [3.05, 3.63) is 39.7 Å². The van der Waals surface area contributed by atoms with E-state index in [9.17, 15) is 9.59 Å². The van der Waals surface area contributed by atoms with E-state index in [-0.39, 0.29) is 11.5 Å². The van der Waals surface area contributed by atoms with Crippen LogP contribution in [0.2, 0.25) is 0 Å². The first-order valence-electron chi connectivity index (χ1n) is 8.05. The Kier molecular flexibility index (Phi) is 4.85. The number of fused-ring (bicyclic) bond motifs is 1. The van der Waals surface area contributed by atoms with E-state index in [0.717, 1.165) is 16.5 Å². The second kappa shape index (κ2) is 7.05. The largest absolute Gasteiger partial charge is 0.496 e. The van der Waals surface area contributed by atoms with Gasteiger partial charge in [-0.15, -0.1) is 0 Å². The van der Waals surface area contributed by atoms with Gasteiger partial charge in [0.2, 0.25) is 5.91 Å². The molecule has 1 aliphatic heterocycles. The highest BCUT2D eigenvalue weighted by atomic mass is 16.5. The molecule has 0 N–H and O–H groups in total. The fourth-order valence-corrected chi connectivity index (χ4v) is 2.99. The van der Waals surface area contributed by atoms with Crippen molar-refractivity contribution in [2.24, 2.45) is 0 Å². The van der Waals surface area contributed by atoms with E-state index >= 15 is 0 Å². The van der Waals surface area contributed by atoms with E-state index in [4.69, 9.17) is 13.9 Å². The zero-order valence-corrected chi connectivity index (χ0v) is 14.0. The number of hydrogen-bond donors (Lipinski definition) is 0. The molecule has 0 aliphatic carbocycles. The van der Waals surface area contributed by atoms with E-state index in [1.165, 1.54) is 6.07 Å². The Morgan fingerprint density at radius 3 is 2.71 bits per heavy atom. The van der Waals surface area contributed by atoms with Gasteiger partial charge in [0.25, 0.3) is 0 Å². The molecule has 24 heavy (non-hydrogen) atoms. The minimum atomic E-state index is -0.378. The van der Waals surface area contributed by atoms with E-state index < -0.39 is 0 Å². The van der Waals surface area contributed by atoms with Gasteiger partial charge in [0.05, 0.1) is 20.3 Å². The van der Waals surface area contributed by atoms with Crippen molar-refractivity contribution < 1.29 is 18.7 Å². The number of morpholine rings is 1. The lowest BCUT2D eigenvalue weighted by Gasteiger charge is -2.27. The lowest BCUT2D eigenvalue weighted by Crippen LogP contribution is -2.40. The number of carbonyl (C=O) groups excluding carboxylic acids is 1. The van der Waals surface area contributed by atoms with Crippen LogP contribution in [0, 0.1) is 6.92 Å². The number of hydrogen-bond acceptors (Lipinski definition) is 5. The van der Waals surface area contributed by atoms with Crippen molar-refractivity contribution in [2.45, 2.75) is 19.8 Å². The molecule has 6 nitrogen and oxygen atoms in total. The summed E-state index contributed by atoms with van der Waals surface area (Å²) >= 11 is 0. The summed E-state index contributed by atoms with van der Waals surface area (Å²) in [6, 6.07) is 5.13. The Hall–Kier alpha value is -2.34. The molecule has 3 rings (SSSR count). The predicted octanol–water partition coefficient (Wildman–Crippen LogP) is 1.90. The van der Waals surface area contributed by atoms with Gasteiger partial charge < -0.3 is 18.8 Å². The van der Waals surface area contributed by atoms with E-state index in [1.54, 1.807) is 13.2 Å². The maximum Gasteiger partial charge on any atom is 0.336 e. The van der Waals surface area contributed by atoms with Crippen LogP contribution in [-0.2, 0) is 16.0 Å². The van der Waals surface area contributed by atoms with Gasteiger partial charge in [-0.05, 0) is 30.5 Å². The first-order chi connectivity index (χ1) is 11.6. The summed E-state index contributed by atoms with van der Waals surface area (Å²) in [5, 5.41) is 0.865. The molecule has 1 amide bonds. The molecule has 1 fully saturated rings. The Bertz CT molecular complexity index is 805. The highest BCUT2D eigenvalue weighted by molar-refractivity contribution is 5.83. The van der Waals surface area contributed by atoms with Crippen molar-refractivity contribution >= 4 is 16.9 Å². The number of methoxy groups -OCH3 is 1. The van der Waals surface area contributed by atoms with Crippen LogP contribution in [0.25, 0.3) is 11.0 Å². The Morgan fingerprint density at radius 2 is 2.00 bits per heavy atom. The van der Waals surface area contributed by atoms with Crippen molar-refractivity contribution in [3.8, 4) is 5.75 Å². The molecule has 0 saturated carbocycles. The number of rotatable bonds is 4. The summed E-state index contributed by atoms with van der Waals surface area (Å²) in [5.41, 5.74) is 1.91. The first kappa shape index (κ1) is 16.5. The highest BCUT2D eigenvalue weighted by Gasteiger charge is 2.18. The van der Waals surface area contributed by atoms with Crippen LogP contribution < -0.4 is 10.4 Å². The van der Waals surface area contributed by atoms with Gasteiger partial charge in [-0.3, -0.25) is 4.79 Å². The van der Waals surface area contributed by atoms with Crippen LogP contribution in [-0.4, -0.2) is 44.2 Å². The van der Waals surface area contributed by atoms with Crippen molar-refractivity contribution in [1.29, 1.82) is 0 Å². The molecule has 0 atom stereocenters.